The van der Waals surface area contributed by atoms with Crippen molar-refractivity contribution < 1.29 is 27.8 Å². The van der Waals surface area contributed by atoms with E-state index < -0.39 is 12.6 Å². The summed E-state index contributed by atoms with van der Waals surface area (Å²) in [4.78, 5) is 10.9. The molecule has 2 fully saturated rings. The fourth-order valence-corrected chi connectivity index (χ4v) is 1.61. The molecule has 2 unspecified atom stereocenters. The minimum Gasteiger partial charge on any atom is -0.465 e. The SMILES string of the molecule is C1OC2CC12.COC(=O)c1ccc(OC(F)F)cc1. The first-order valence-electron chi connectivity index (χ1n) is 5.85. The molecule has 1 saturated heterocycles. The van der Waals surface area contributed by atoms with Gasteiger partial charge in [-0.3, -0.25) is 0 Å². The van der Waals surface area contributed by atoms with Crippen LogP contribution >= 0.6 is 0 Å². The summed E-state index contributed by atoms with van der Waals surface area (Å²) in [6.45, 7) is -1.80. The van der Waals surface area contributed by atoms with E-state index in [0.29, 0.717) is 0 Å². The lowest BCUT2D eigenvalue weighted by Gasteiger charge is -2.08. The van der Waals surface area contributed by atoms with Crippen LogP contribution in [0.2, 0.25) is 0 Å². The lowest BCUT2D eigenvalue weighted by Crippen LogP contribution is -2.12. The average molecular weight is 272 g/mol. The second-order valence-corrected chi connectivity index (χ2v) is 4.26. The number of ether oxygens (including phenoxy) is 3. The number of hydrogen-bond acceptors (Lipinski definition) is 4. The van der Waals surface area contributed by atoms with E-state index in [1.54, 1.807) is 0 Å². The van der Waals surface area contributed by atoms with Crippen LogP contribution in [0.1, 0.15) is 16.8 Å². The van der Waals surface area contributed by atoms with Crippen LogP contribution < -0.4 is 4.74 Å². The molecule has 0 aromatic heterocycles. The topological polar surface area (TPSA) is 44.8 Å². The van der Waals surface area contributed by atoms with Gasteiger partial charge in [0, 0.05) is 5.92 Å². The fraction of sp³-hybridized carbons (Fsp3) is 0.462. The van der Waals surface area contributed by atoms with Crippen LogP contribution in [0, 0.1) is 5.92 Å². The van der Waals surface area contributed by atoms with Crippen LogP contribution in [0.3, 0.4) is 0 Å². The molecule has 0 N–H and O–H groups in total. The molecule has 0 amide bonds. The van der Waals surface area contributed by atoms with Gasteiger partial charge in [-0.1, -0.05) is 0 Å². The van der Waals surface area contributed by atoms with Crippen molar-refractivity contribution in [1.29, 1.82) is 0 Å². The zero-order valence-electron chi connectivity index (χ0n) is 10.3. The molecular formula is C13H14F2O4. The maximum absolute atomic E-state index is 11.7. The van der Waals surface area contributed by atoms with Gasteiger partial charge in [-0.2, -0.15) is 8.78 Å². The molecule has 6 heteroatoms. The Hall–Kier alpha value is -1.69. The lowest BCUT2D eigenvalue weighted by molar-refractivity contribution is -0.0498. The quantitative estimate of drug-likeness (QED) is 0.793. The minimum absolute atomic E-state index is 0.00709. The van der Waals surface area contributed by atoms with Crippen molar-refractivity contribution in [2.24, 2.45) is 5.92 Å². The summed E-state index contributed by atoms with van der Waals surface area (Å²) in [6, 6.07) is 5.25. The summed E-state index contributed by atoms with van der Waals surface area (Å²) < 4.78 is 37.0. The number of benzene rings is 1. The summed E-state index contributed by atoms with van der Waals surface area (Å²) in [6.07, 6.45) is 2.09. The van der Waals surface area contributed by atoms with Gasteiger partial charge < -0.3 is 14.2 Å². The first-order valence-corrected chi connectivity index (χ1v) is 5.85. The molecule has 0 radical (unpaired) electrons. The lowest BCUT2D eigenvalue weighted by atomic mass is 10.2. The average Bonchev–Trinajstić information content (AvgIpc) is 2.96. The summed E-state index contributed by atoms with van der Waals surface area (Å²) in [5.41, 5.74) is 0.286. The van der Waals surface area contributed by atoms with E-state index in [2.05, 4.69) is 9.47 Å². The molecule has 1 heterocycles. The van der Waals surface area contributed by atoms with Gasteiger partial charge in [-0.05, 0) is 30.7 Å². The van der Waals surface area contributed by atoms with Crippen LogP contribution in [0.4, 0.5) is 8.78 Å². The Kier molecular flexibility index (Phi) is 4.31. The highest BCUT2D eigenvalue weighted by molar-refractivity contribution is 5.89. The highest BCUT2D eigenvalue weighted by Crippen LogP contribution is 2.42. The fourth-order valence-electron chi connectivity index (χ4n) is 1.61. The van der Waals surface area contributed by atoms with Crippen LogP contribution in [0.15, 0.2) is 24.3 Å². The smallest absolute Gasteiger partial charge is 0.387 e. The molecule has 2 atom stereocenters. The van der Waals surface area contributed by atoms with Gasteiger partial charge in [0.2, 0.25) is 0 Å². The number of alkyl halides is 2. The molecule has 3 rings (SSSR count). The van der Waals surface area contributed by atoms with Crippen molar-refractivity contribution >= 4 is 5.97 Å². The molecule has 4 nitrogen and oxygen atoms in total. The number of hydrogen-bond donors (Lipinski definition) is 0. The maximum atomic E-state index is 11.7. The number of rotatable bonds is 3. The Morgan fingerprint density at radius 3 is 2.32 bits per heavy atom. The number of carbonyl (C=O) groups excluding carboxylic acids is 1. The third kappa shape index (κ3) is 3.89. The van der Waals surface area contributed by atoms with Crippen molar-refractivity contribution in [1.82, 2.24) is 0 Å². The number of methoxy groups -OCH3 is 1. The van der Waals surface area contributed by atoms with Crippen molar-refractivity contribution in [2.75, 3.05) is 13.7 Å². The summed E-state index contributed by atoms with van der Waals surface area (Å²) in [5.74, 6) is 0.497. The minimum atomic E-state index is -2.86. The van der Waals surface area contributed by atoms with Gasteiger partial charge in [0.25, 0.3) is 0 Å². The second kappa shape index (κ2) is 5.97. The largest absolute Gasteiger partial charge is 0.465 e. The van der Waals surface area contributed by atoms with Crippen LogP contribution in [-0.4, -0.2) is 32.4 Å². The van der Waals surface area contributed by atoms with Gasteiger partial charge >= 0.3 is 12.6 Å². The van der Waals surface area contributed by atoms with Crippen molar-refractivity contribution in [3.8, 4) is 5.75 Å². The predicted octanol–water partition coefficient (Wildman–Crippen LogP) is 2.48. The van der Waals surface area contributed by atoms with E-state index in [-0.39, 0.29) is 11.3 Å². The molecule has 104 valence electrons. The first-order chi connectivity index (χ1) is 9.10. The molecule has 0 bridgehead atoms. The highest BCUT2D eigenvalue weighted by Gasteiger charge is 2.46. The third-order valence-corrected chi connectivity index (χ3v) is 2.88. The van der Waals surface area contributed by atoms with E-state index in [1.165, 1.54) is 37.8 Å². The zero-order chi connectivity index (χ0) is 13.8. The zero-order valence-corrected chi connectivity index (χ0v) is 10.3. The van der Waals surface area contributed by atoms with Crippen LogP contribution in [0.25, 0.3) is 0 Å². The predicted molar refractivity (Wildman–Crippen MR) is 62.3 cm³/mol. The van der Waals surface area contributed by atoms with E-state index in [9.17, 15) is 13.6 Å². The molecule has 2 aliphatic rings. The molecule has 1 saturated carbocycles. The van der Waals surface area contributed by atoms with Gasteiger partial charge in [-0.15, -0.1) is 0 Å². The van der Waals surface area contributed by atoms with Gasteiger partial charge in [-0.25, -0.2) is 4.79 Å². The van der Waals surface area contributed by atoms with E-state index in [4.69, 9.17) is 4.74 Å². The summed E-state index contributed by atoms with van der Waals surface area (Å²) >= 11 is 0. The molecule has 1 aliphatic heterocycles. The number of carbonyl (C=O) groups is 1. The molecule has 19 heavy (non-hydrogen) atoms. The van der Waals surface area contributed by atoms with Gasteiger partial charge in [0.1, 0.15) is 5.75 Å². The molecule has 1 aromatic carbocycles. The molecular weight excluding hydrogens is 258 g/mol. The standard InChI is InChI=1S/C9H8F2O3.C4H6O/c1-13-8(12)6-2-4-7(5-3-6)14-9(10)11;1-3-2-5-4(1)3/h2-5,9H,1H3;3-4H,1-2H2. The summed E-state index contributed by atoms with van der Waals surface area (Å²) in [7, 11) is 1.24. The van der Waals surface area contributed by atoms with Gasteiger partial charge in [0.15, 0.2) is 0 Å². The second-order valence-electron chi connectivity index (χ2n) is 4.26. The van der Waals surface area contributed by atoms with Crippen LogP contribution in [0.5, 0.6) is 5.75 Å². The Bertz CT molecular complexity index is 421. The van der Waals surface area contributed by atoms with Crippen LogP contribution in [-0.2, 0) is 9.47 Å². The molecule has 1 aliphatic carbocycles. The first kappa shape index (κ1) is 13.7. The van der Waals surface area contributed by atoms with Crippen molar-refractivity contribution in [3.05, 3.63) is 29.8 Å². The highest BCUT2D eigenvalue weighted by atomic mass is 19.3. The Morgan fingerprint density at radius 1 is 1.37 bits per heavy atom. The molecule has 0 spiro atoms. The number of halogens is 2. The number of esters is 1. The Morgan fingerprint density at radius 2 is 2.00 bits per heavy atom. The Balaban J connectivity index is 0.000000215. The van der Waals surface area contributed by atoms with Gasteiger partial charge in [0.05, 0.1) is 25.4 Å². The third-order valence-electron chi connectivity index (χ3n) is 2.88. The Labute approximate surface area is 109 Å². The molecule has 1 aromatic rings. The van der Waals surface area contributed by atoms with E-state index >= 15 is 0 Å². The van der Waals surface area contributed by atoms with Crippen molar-refractivity contribution in [3.63, 3.8) is 0 Å². The number of fused-ring (bicyclic) bond motifs is 1. The monoisotopic (exact) mass is 272 g/mol. The summed E-state index contributed by atoms with van der Waals surface area (Å²) in [5, 5.41) is 0. The maximum Gasteiger partial charge on any atom is 0.387 e. The van der Waals surface area contributed by atoms with E-state index in [1.807, 2.05) is 0 Å². The normalized spacial score (nSPS) is 22.5. The van der Waals surface area contributed by atoms with Crippen molar-refractivity contribution in [2.45, 2.75) is 19.1 Å². The van der Waals surface area contributed by atoms with E-state index in [0.717, 1.165) is 18.6 Å².